The van der Waals surface area contributed by atoms with Crippen molar-refractivity contribution in [3.8, 4) is 0 Å². The standard InChI is InChI=1S/C21H19BrN4O5/c1-3-30-20(28)17-15(24-21(29)25-18(17)16-7-4-11(2)31-16)9-26-10-23-14-6-5-12(22)8-13(14)19(26)27/h4-8,10,18H,3,9H2,1-2H3,(H2,24,25,29)/t18-/m1/s1. The second kappa shape index (κ2) is 8.38. The minimum absolute atomic E-state index is 0.0773. The number of aromatic nitrogens is 2. The molecule has 4 rings (SSSR count). The van der Waals surface area contributed by atoms with Crippen LogP contribution in [0.2, 0.25) is 0 Å². The number of carbonyl (C=O) groups is 2. The van der Waals surface area contributed by atoms with Crippen LogP contribution in [-0.2, 0) is 16.1 Å². The summed E-state index contributed by atoms with van der Waals surface area (Å²) in [6.07, 6.45) is 1.38. The number of ether oxygens (including phenoxy) is 1. The Bertz CT molecular complexity index is 1280. The Morgan fingerprint density at radius 2 is 2.10 bits per heavy atom. The molecule has 0 spiro atoms. The number of allylic oxidation sites excluding steroid dienone is 1. The predicted molar refractivity (Wildman–Crippen MR) is 115 cm³/mol. The Labute approximate surface area is 185 Å². The first-order valence-corrected chi connectivity index (χ1v) is 10.4. The number of rotatable bonds is 5. The van der Waals surface area contributed by atoms with E-state index in [0.717, 1.165) is 4.47 Å². The fourth-order valence-corrected chi connectivity index (χ4v) is 3.79. The van der Waals surface area contributed by atoms with E-state index >= 15 is 0 Å². The number of furan rings is 1. The average molecular weight is 487 g/mol. The molecule has 0 fully saturated rings. The van der Waals surface area contributed by atoms with E-state index < -0.39 is 18.0 Å². The smallest absolute Gasteiger partial charge is 0.338 e. The minimum atomic E-state index is -0.852. The lowest BCUT2D eigenvalue weighted by atomic mass is 10.00. The molecule has 1 aliphatic rings. The van der Waals surface area contributed by atoms with Gasteiger partial charge in [-0.05, 0) is 44.2 Å². The number of carbonyl (C=O) groups excluding carboxylic acids is 2. The van der Waals surface area contributed by atoms with Crippen molar-refractivity contribution in [2.75, 3.05) is 6.61 Å². The summed E-state index contributed by atoms with van der Waals surface area (Å²) in [4.78, 5) is 42.5. The molecule has 31 heavy (non-hydrogen) atoms. The Hall–Kier alpha value is -3.40. The quantitative estimate of drug-likeness (QED) is 0.535. The molecule has 0 radical (unpaired) electrons. The summed E-state index contributed by atoms with van der Waals surface area (Å²) < 4.78 is 12.9. The van der Waals surface area contributed by atoms with Crippen LogP contribution in [0.25, 0.3) is 10.9 Å². The van der Waals surface area contributed by atoms with E-state index in [9.17, 15) is 14.4 Å². The highest BCUT2D eigenvalue weighted by molar-refractivity contribution is 9.10. The summed E-state index contributed by atoms with van der Waals surface area (Å²) in [7, 11) is 0. The molecule has 10 heteroatoms. The molecule has 0 aliphatic carbocycles. The van der Waals surface area contributed by atoms with Crippen molar-refractivity contribution in [3.05, 3.63) is 74.3 Å². The van der Waals surface area contributed by atoms with E-state index in [0.29, 0.717) is 22.4 Å². The zero-order valence-corrected chi connectivity index (χ0v) is 18.4. The van der Waals surface area contributed by atoms with Crippen LogP contribution >= 0.6 is 15.9 Å². The summed E-state index contributed by atoms with van der Waals surface area (Å²) in [6.45, 7) is 3.53. The van der Waals surface area contributed by atoms with Gasteiger partial charge in [-0.15, -0.1) is 0 Å². The maximum Gasteiger partial charge on any atom is 0.338 e. The molecule has 3 aromatic rings. The molecule has 2 amide bonds. The molecule has 2 aromatic heterocycles. The van der Waals surface area contributed by atoms with Crippen LogP contribution in [0.1, 0.15) is 24.5 Å². The third kappa shape index (κ3) is 4.11. The van der Waals surface area contributed by atoms with Crippen molar-refractivity contribution in [2.45, 2.75) is 26.4 Å². The molecule has 0 saturated heterocycles. The number of aryl methyl sites for hydroxylation is 1. The molecule has 9 nitrogen and oxygen atoms in total. The van der Waals surface area contributed by atoms with E-state index in [-0.39, 0.29) is 30.0 Å². The number of hydrogen-bond acceptors (Lipinski definition) is 6. The number of amides is 2. The molecule has 1 aliphatic heterocycles. The second-order valence-corrected chi connectivity index (χ2v) is 7.85. The highest BCUT2D eigenvalue weighted by atomic mass is 79.9. The first-order chi connectivity index (χ1) is 14.9. The maximum atomic E-state index is 13.0. The number of nitrogens with zero attached hydrogens (tertiary/aromatic N) is 2. The van der Waals surface area contributed by atoms with Gasteiger partial charge in [0.1, 0.15) is 17.6 Å². The Kier molecular flexibility index (Phi) is 5.64. The van der Waals surface area contributed by atoms with Crippen LogP contribution in [0.4, 0.5) is 4.79 Å². The van der Waals surface area contributed by atoms with Gasteiger partial charge in [0.15, 0.2) is 0 Å². The zero-order valence-electron chi connectivity index (χ0n) is 16.8. The predicted octanol–water partition coefficient (Wildman–Crippen LogP) is 2.93. The van der Waals surface area contributed by atoms with Gasteiger partial charge in [-0.1, -0.05) is 15.9 Å². The highest BCUT2D eigenvalue weighted by Crippen LogP contribution is 2.29. The lowest BCUT2D eigenvalue weighted by Gasteiger charge is -2.28. The minimum Gasteiger partial charge on any atom is -0.464 e. The summed E-state index contributed by atoms with van der Waals surface area (Å²) in [6, 6.07) is 7.25. The van der Waals surface area contributed by atoms with E-state index in [2.05, 4.69) is 31.5 Å². The third-order valence-corrected chi connectivity index (χ3v) is 5.30. The van der Waals surface area contributed by atoms with Crippen LogP contribution in [-0.4, -0.2) is 28.2 Å². The summed E-state index contributed by atoms with van der Waals surface area (Å²) >= 11 is 3.36. The van der Waals surface area contributed by atoms with Crippen molar-refractivity contribution in [1.29, 1.82) is 0 Å². The van der Waals surface area contributed by atoms with Gasteiger partial charge in [-0.25, -0.2) is 14.6 Å². The Morgan fingerprint density at radius 1 is 1.29 bits per heavy atom. The largest absolute Gasteiger partial charge is 0.464 e. The Morgan fingerprint density at radius 3 is 2.81 bits per heavy atom. The molecular weight excluding hydrogens is 468 g/mol. The fourth-order valence-electron chi connectivity index (χ4n) is 3.43. The first-order valence-electron chi connectivity index (χ1n) is 9.56. The summed E-state index contributed by atoms with van der Waals surface area (Å²) in [5.41, 5.74) is 0.638. The summed E-state index contributed by atoms with van der Waals surface area (Å²) in [5.74, 6) is 0.405. The molecule has 1 atom stereocenters. The Balaban J connectivity index is 1.83. The van der Waals surface area contributed by atoms with E-state index in [4.69, 9.17) is 9.15 Å². The number of esters is 1. The first kappa shape index (κ1) is 20.9. The number of urea groups is 1. The van der Waals surface area contributed by atoms with Crippen LogP contribution in [0, 0.1) is 6.92 Å². The third-order valence-electron chi connectivity index (χ3n) is 4.81. The molecular formula is C21H19BrN4O5. The van der Waals surface area contributed by atoms with Gasteiger partial charge in [0.05, 0.1) is 41.7 Å². The van der Waals surface area contributed by atoms with Crippen LogP contribution < -0.4 is 16.2 Å². The average Bonchev–Trinajstić information content (AvgIpc) is 3.16. The highest BCUT2D eigenvalue weighted by Gasteiger charge is 2.35. The number of halogens is 1. The van der Waals surface area contributed by atoms with E-state index in [1.807, 2.05) is 0 Å². The lowest BCUT2D eigenvalue weighted by molar-refractivity contribution is -0.139. The molecule has 1 aromatic carbocycles. The number of hydrogen-bond donors (Lipinski definition) is 2. The molecule has 0 bridgehead atoms. The van der Waals surface area contributed by atoms with Crippen molar-refractivity contribution >= 4 is 38.8 Å². The van der Waals surface area contributed by atoms with Crippen molar-refractivity contribution in [1.82, 2.24) is 20.2 Å². The van der Waals surface area contributed by atoms with E-state index in [1.165, 1.54) is 10.9 Å². The molecule has 3 heterocycles. The van der Waals surface area contributed by atoms with Gasteiger partial charge in [-0.2, -0.15) is 0 Å². The van der Waals surface area contributed by atoms with Crippen molar-refractivity contribution in [2.24, 2.45) is 0 Å². The van der Waals surface area contributed by atoms with Gasteiger partial charge in [-0.3, -0.25) is 9.36 Å². The number of benzene rings is 1. The van der Waals surface area contributed by atoms with Crippen LogP contribution in [0.3, 0.4) is 0 Å². The molecule has 2 N–H and O–H groups in total. The number of nitrogens with one attached hydrogen (secondary N) is 2. The molecule has 160 valence electrons. The van der Waals surface area contributed by atoms with E-state index in [1.54, 1.807) is 44.2 Å². The monoisotopic (exact) mass is 486 g/mol. The second-order valence-electron chi connectivity index (χ2n) is 6.93. The van der Waals surface area contributed by atoms with Gasteiger partial charge >= 0.3 is 12.0 Å². The molecule has 0 unspecified atom stereocenters. The number of fused-ring (bicyclic) bond motifs is 1. The van der Waals surface area contributed by atoms with Gasteiger partial charge in [0, 0.05) is 4.47 Å². The normalized spacial score (nSPS) is 16.2. The SMILES string of the molecule is CCOC(=O)C1=C(Cn2cnc3ccc(Br)cc3c2=O)NC(=O)N[C@@H]1c1ccc(C)o1. The molecule has 0 saturated carbocycles. The topological polar surface area (TPSA) is 115 Å². The zero-order chi connectivity index (χ0) is 22.1. The lowest BCUT2D eigenvalue weighted by Crippen LogP contribution is -2.47. The van der Waals surface area contributed by atoms with Gasteiger partial charge < -0.3 is 19.8 Å². The summed E-state index contributed by atoms with van der Waals surface area (Å²) in [5, 5.41) is 5.74. The van der Waals surface area contributed by atoms with Crippen molar-refractivity contribution in [3.63, 3.8) is 0 Å². The van der Waals surface area contributed by atoms with Gasteiger partial charge in [0.2, 0.25) is 0 Å². The van der Waals surface area contributed by atoms with Gasteiger partial charge in [0.25, 0.3) is 5.56 Å². The van der Waals surface area contributed by atoms with Crippen LogP contribution in [0.15, 0.2) is 61.6 Å². The van der Waals surface area contributed by atoms with Crippen molar-refractivity contribution < 1.29 is 18.7 Å². The fraction of sp³-hybridized carbons (Fsp3) is 0.238. The van der Waals surface area contributed by atoms with Crippen LogP contribution in [0.5, 0.6) is 0 Å². The maximum absolute atomic E-state index is 13.0.